The average molecular weight is 371 g/mol. The molecule has 1 aliphatic heterocycles. The van der Waals surface area contributed by atoms with Crippen LogP contribution in [-0.2, 0) is 16.1 Å². The number of nitrogens with zero attached hydrogens (tertiary/aromatic N) is 1. The highest BCUT2D eigenvalue weighted by Gasteiger charge is 2.57. The molecule has 1 unspecified atom stereocenters. The Morgan fingerprint density at radius 1 is 1.38 bits per heavy atom. The third-order valence-corrected chi connectivity index (χ3v) is 6.59. The number of hydrogen-bond acceptors (Lipinski definition) is 3. The lowest BCUT2D eigenvalue weighted by molar-refractivity contribution is -0.162. The molecule has 1 atom stereocenters. The minimum Gasteiger partial charge on any atom is -0.340 e. The molecule has 1 saturated heterocycles. The highest BCUT2D eigenvalue weighted by atomic mass is 79.9. The zero-order valence-electron chi connectivity index (χ0n) is 12.4. The number of carbonyl (C=O) groups excluding carboxylic acids is 2. The third kappa shape index (κ3) is 2.32. The molecule has 114 valence electrons. The van der Waals surface area contributed by atoms with Crippen LogP contribution in [0, 0.1) is 5.92 Å². The van der Waals surface area contributed by atoms with Crippen molar-refractivity contribution in [2.24, 2.45) is 5.92 Å². The maximum atomic E-state index is 13.0. The van der Waals surface area contributed by atoms with Gasteiger partial charge in [0.25, 0.3) is 0 Å². The Hall–Kier alpha value is -0.880. The highest BCUT2D eigenvalue weighted by molar-refractivity contribution is 9.10. The van der Waals surface area contributed by atoms with Crippen LogP contribution in [0.3, 0.4) is 0 Å². The highest BCUT2D eigenvalue weighted by Crippen LogP contribution is 2.44. The van der Waals surface area contributed by atoms with Crippen LogP contribution in [0.5, 0.6) is 0 Å². The fourth-order valence-electron chi connectivity index (χ4n) is 2.89. The summed E-state index contributed by atoms with van der Waals surface area (Å²) in [6.45, 7) is 5.97. The van der Waals surface area contributed by atoms with E-state index in [0.717, 1.165) is 22.2 Å². The van der Waals surface area contributed by atoms with Crippen LogP contribution in [-0.4, -0.2) is 27.8 Å². The summed E-state index contributed by atoms with van der Waals surface area (Å²) in [4.78, 5) is 28.4. The number of halogens is 1. The molecule has 1 N–H and O–H groups in total. The first-order valence-electron chi connectivity index (χ1n) is 7.13. The molecule has 1 saturated carbocycles. The summed E-state index contributed by atoms with van der Waals surface area (Å²) in [7, 11) is 0. The van der Waals surface area contributed by atoms with E-state index in [4.69, 9.17) is 0 Å². The SMILES string of the molecule is CC1(C2CC2)NC(=O)C(C)(C)N(Cc2sccc2Br)C1=O. The number of nitrogens with one attached hydrogen (secondary N) is 1. The van der Waals surface area contributed by atoms with Gasteiger partial charge in [0.15, 0.2) is 0 Å². The third-order valence-electron chi connectivity index (χ3n) is 4.68. The van der Waals surface area contributed by atoms with Crippen molar-refractivity contribution >= 4 is 39.1 Å². The number of rotatable bonds is 3. The summed E-state index contributed by atoms with van der Waals surface area (Å²) in [6, 6.07) is 1.97. The van der Waals surface area contributed by atoms with Crippen LogP contribution < -0.4 is 5.32 Å². The van der Waals surface area contributed by atoms with Crippen molar-refractivity contribution in [3.05, 3.63) is 20.8 Å². The molecule has 2 aliphatic rings. The summed E-state index contributed by atoms with van der Waals surface area (Å²) in [5.41, 5.74) is -1.56. The van der Waals surface area contributed by atoms with Crippen molar-refractivity contribution in [3.63, 3.8) is 0 Å². The fourth-order valence-corrected chi connectivity index (χ4v) is 4.35. The monoisotopic (exact) mass is 370 g/mol. The van der Waals surface area contributed by atoms with E-state index < -0.39 is 11.1 Å². The molecule has 1 aromatic heterocycles. The second kappa shape index (κ2) is 4.81. The minimum absolute atomic E-state index is 0.0369. The van der Waals surface area contributed by atoms with Gasteiger partial charge in [0.2, 0.25) is 11.8 Å². The molecule has 2 fully saturated rings. The maximum absolute atomic E-state index is 13.0. The van der Waals surface area contributed by atoms with Crippen LogP contribution in [0.15, 0.2) is 15.9 Å². The normalized spacial score (nSPS) is 28.7. The lowest BCUT2D eigenvalue weighted by Gasteiger charge is -2.49. The first kappa shape index (κ1) is 15.0. The van der Waals surface area contributed by atoms with Crippen LogP contribution in [0.2, 0.25) is 0 Å². The molecule has 0 spiro atoms. The Morgan fingerprint density at radius 2 is 2.05 bits per heavy atom. The lowest BCUT2D eigenvalue weighted by Crippen LogP contribution is -2.73. The van der Waals surface area contributed by atoms with E-state index in [2.05, 4.69) is 21.2 Å². The van der Waals surface area contributed by atoms with E-state index in [1.165, 1.54) is 0 Å². The van der Waals surface area contributed by atoms with Gasteiger partial charge in [-0.05, 0) is 66.9 Å². The Bertz CT molecular complexity index is 609. The van der Waals surface area contributed by atoms with Crippen molar-refractivity contribution in [3.8, 4) is 0 Å². The Morgan fingerprint density at radius 3 is 2.57 bits per heavy atom. The number of thiophene rings is 1. The van der Waals surface area contributed by atoms with Crippen LogP contribution in [0.4, 0.5) is 0 Å². The first-order valence-corrected chi connectivity index (χ1v) is 8.80. The molecular formula is C15H19BrN2O2S. The molecule has 0 aromatic carbocycles. The zero-order chi connectivity index (χ0) is 15.4. The molecule has 0 radical (unpaired) electrons. The lowest BCUT2D eigenvalue weighted by atomic mass is 9.85. The van der Waals surface area contributed by atoms with Gasteiger partial charge in [0.05, 0.1) is 6.54 Å². The summed E-state index contributed by atoms with van der Waals surface area (Å²) in [5, 5.41) is 4.97. The van der Waals surface area contributed by atoms with Crippen molar-refractivity contribution in [2.75, 3.05) is 0 Å². The van der Waals surface area contributed by atoms with Crippen LogP contribution in [0.1, 0.15) is 38.5 Å². The molecule has 0 bridgehead atoms. The number of hydrogen-bond donors (Lipinski definition) is 1. The molecule has 21 heavy (non-hydrogen) atoms. The molecule has 4 nitrogen and oxygen atoms in total. The van der Waals surface area contributed by atoms with Gasteiger partial charge in [-0.1, -0.05) is 0 Å². The fraction of sp³-hybridized carbons (Fsp3) is 0.600. The molecule has 2 heterocycles. The van der Waals surface area contributed by atoms with E-state index >= 15 is 0 Å². The topological polar surface area (TPSA) is 49.4 Å². The molecule has 2 amide bonds. The number of carbonyl (C=O) groups is 2. The summed E-state index contributed by atoms with van der Waals surface area (Å²) < 4.78 is 0.996. The van der Waals surface area contributed by atoms with Gasteiger partial charge >= 0.3 is 0 Å². The quantitative estimate of drug-likeness (QED) is 0.888. The van der Waals surface area contributed by atoms with Crippen molar-refractivity contribution in [2.45, 2.75) is 51.2 Å². The second-order valence-electron chi connectivity index (χ2n) is 6.57. The minimum atomic E-state index is -0.824. The van der Waals surface area contributed by atoms with E-state index in [-0.39, 0.29) is 17.7 Å². The van der Waals surface area contributed by atoms with Crippen molar-refractivity contribution in [1.29, 1.82) is 0 Å². The van der Waals surface area contributed by atoms with Crippen LogP contribution >= 0.6 is 27.3 Å². The van der Waals surface area contributed by atoms with Gasteiger partial charge in [-0.25, -0.2) is 0 Å². The summed E-state index contributed by atoms with van der Waals surface area (Å²) >= 11 is 5.11. The number of amides is 2. The second-order valence-corrected chi connectivity index (χ2v) is 8.43. The molecule has 1 aliphatic carbocycles. The Labute approximate surface area is 137 Å². The smallest absolute Gasteiger partial charge is 0.249 e. The molecule has 3 rings (SSSR count). The van der Waals surface area contributed by atoms with Gasteiger partial charge in [0.1, 0.15) is 11.1 Å². The van der Waals surface area contributed by atoms with E-state index in [1.807, 2.05) is 32.2 Å². The van der Waals surface area contributed by atoms with Gasteiger partial charge in [-0.2, -0.15) is 0 Å². The predicted octanol–water partition coefficient (Wildman–Crippen LogP) is 2.92. The first-order chi connectivity index (χ1) is 9.76. The Balaban J connectivity index is 1.95. The number of piperazine rings is 1. The van der Waals surface area contributed by atoms with Gasteiger partial charge in [-0.15, -0.1) is 11.3 Å². The molecular weight excluding hydrogens is 352 g/mol. The van der Waals surface area contributed by atoms with E-state index in [0.29, 0.717) is 6.54 Å². The molecule has 1 aromatic rings. The largest absolute Gasteiger partial charge is 0.340 e. The standard InChI is InChI=1S/C15H19BrN2O2S/c1-14(2)12(19)17-15(3,9-4-5-9)13(20)18(14)8-11-10(16)6-7-21-11/h6-7,9H,4-5,8H2,1-3H3,(H,17,19). The zero-order valence-corrected chi connectivity index (χ0v) is 14.8. The molecule has 6 heteroatoms. The van der Waals surface area contributed by atoms with Crippen LogP contribution in [0.25, 0.3) is 0 Å². The summed E-state index contributed by atoms with van der Waals surface area (Å²) in [5.74, 6) is 0.249. The predicted molar refractivity (Wildman–Crippen MR) is 85.9 cm³/mol. The van der Waals surface area contributed by atoms with Gasteiger partial charge in [0, 0.05) is 9.35 Å². The Kier molecular flexibility index (Phi) is 3.44. The van der Waals surface area contributed by atoms with E-state index in [1.54, 1.807) is 16.2 Å². The van der Waals surface area contributed by atoms with Gasteiger partial charge in [-0.3, -0.25) is 9.59 Å². The van der Waals surface area contributed by atoms with Gasteiger partial charge < -0.3 is 10.2 Å². The summed E-state index contributed by atoms with van der Waals surface area (Å²) in [6.07, 6.45) is 2.03. The average Bonchev–Trinajstić information content (AvgIpc) is 3.18. The maximum Gasteiger partial charge on any atom is 0.249 e. The van der Waals surface area contributed by atoms with Crippen molar-refractivity contribution in [1.82, 2.24) is 10.2 Å². The van der Waals surface area contributed by atoms with E-state index in [9.17, 15) is 9.59 Å². The van der Waals surface area contributed by atoms with Crippen molar-refractivity contribution < 1.29 is 9.59 Å².